The SMILES string of the molecule is COc1ccc(/C=C/c2ccccc2OC)c(OC)c1. The predicted molar refractivity (Wildman–Crippen MR) is 81.5 cm³/mol. The minimum Gasteiger partial charge on any atom is -0.497 e. The fraction of sp³-hybridized carbons (Fsp3) is 0.176. The smallest absolute Gasteiger partial charge is 0.129 e. The Kier molecular flexibility index (Phi) is 4.66. The van der Waals surface area contributed by atoms with Gasteiger partial charge < -0.3 is 14.2 Å². The predicted octanol–water partition coefficient (Wildman–Crippen LogP) is 3.88. The molecule has 2 rings (SSSR count). The molecular formula is C17H18O3. The van der Waals surface area contributed by atoms with E-state index in [1.54, 1.807) is 21.3 Å². The summed E-state index contributed by atoms with van der Waals surface area (Å²) in [6, 6.07) is 13.6. The summed E-state index contributed by atoms with van der Waals surface area (Å²) >= 11 is 0. The van der Waals surface area contributed by atoms with E-state index < -0.39 is 0 Å². The van der Waals surface area contributed by atoms with Gasteiger partial charge in [-0.2, -0.15) is 0 Å². The summed E-state index contributed by atoms with van der Waals surface area (Å²) in [5.41, 5.74) is 2.01. The summed E-state index contributed by atoms with van der Waals surface area (Å²) in [6.45, 7) is 0. The third kappa shape index (κ3) is 3.12. The van der Waals surface area contributed by atoms with Crippen LogP contribution in [0.15, 0.2) is 42.5 Å². The molecule has 104 valence electrons. The van der Waals surface area contributed by atoms with Gasteiger partial charge in [0.15, 0.2) is 0 Å². The van der Waals surface area contributed by atoms with Crippen molar-refractivity contribution in [1.82, 2.24) is 0 Å². The zero-order valence-electron chi connectivity index (χ0n) is 11.9. The van der Waals surface area contributed by atoms with E-state index in [1.807, 2.05) is 54.6 Å². The van der Waals surface area contributed by atoms with Gasteiger partial charge in [-0.3, -0.25) is 0 Å². The minimum atomic E-state index is 0.774. The number of hydrogen-bond donors (Lipinski definition) is 0. The van der Waals surface area contributed by atoms with E-state index in [-0.39, 0.29) is 0 Å². The van der Waals surface area contributed by atoms with E-state index in [9.17, 15) is 0 Å². The van der Waals surface area contributed by atoms with Gasteiger partial charge >= 0.3 is 0 Å². The highest BCUT2D eigenvalue weighted by atomic mass is 16.5. The lowest BCUT2D eigenvalue weighted by Crippen LogP contribution is -1.90. The van der Waals surface area contributed by atoms with E-state index >= 15 is 0 Å². The largest absolute Gasteiger partial charge is 0.497 e. The topological polar surface area (TPSA) is 27.7 Å². The number of hydrogen-bond acceptors (Lipinski definition) is 3. The normalized spacial score (nSPS) is 10.6. The molecule has 2 aromatic carbocycles. The van der Waals surface area contributed by atoms with Crippen molar-refractivity contribution in [3.8, 4) is 17.2 Å². The molecule has 0 heterocycles. The molecule has 0 unspecified atom stereocenters. The Bertz CT molecular complexity index is 603. The van der Waals surface area contributed by atoms with Crippen LogP contribution in [0.3, 0.4) is 0 Å². The molecule has 0 bridgehead atoms. The Morgan fingerprint density at radius 1 is 0.700 bits per heavy atom. The fourth-order valence-electron chi connectivity index (χ4n) is 1.94. The Hall–Kier alpha value is -2.42. The summed E-state index contributed by atoms with van der Waals surface area (Å²) in [6.07, 6.45) is 4.00. The standard InChI is InChI=1S/C17H18O3/c1-18-15-11-10-14(17(12-15)20-3)9-8-13-6-4-5-7-16(13)19-2/h4-12H,1-3H3/b9-8+. The van der Waals surface area contributed by atoms with Gasteiger partial charge in [0.1, 0.15) is 17.2 Å². The van der Waals surface area contributed by atoms with Crippen molar-refractivity contribution in [3.63, 3.8) is 0 Å². The van der Waals surface area contributed by atoms with Crippen LogP contribution < -0.4 is 14.2 Å². The second-order valence-electron chi connectivity index (χ2n) is 4.18. The van der Waals surface area contributed by atoms with Crippen LogP contribution in [0.1, 0.15) is 11.1 Å². The Morgan fingerprint density at radius 2 is 1.35 bits per heavy atom. The van der Waals surface area contributed by atoms with Crippen molar-refractivity contribution in [2.24, 2.45) is 0 Å². The van der Waals surface area contributed by atoms with Crippen LogP contribution >= 0.6 is 0 Å². The molecule has 0 saturated heterocycles. The van der Waals surface area contributed by atoms with Crippen molar-refractivity contribution in [3.05, 3.63) is 53.6 Å². The third-order valence-electron chi connectivity index (χ3n) is 3.02. The van der Waals surface area contributed by atoms with Gasteiger partial charge in [0.2, 0.25) is 0 Å². The van der Waals surface area contributed by atoms with E-state index in [4.69, 9.17) is 14.2 Å². The van der Waals surface area contributed by atoms with Gasteiger partial charge in [-0.25, -0.2) is 0 Å². The second kappa shape index (κ2) is 6.66. The highest BCUT2D eigenvalue weighted by Gasteiger charge is 2.03. The third-order valence-corrected chi connectivity index (χ3v) is 3.02. The van der Waals surface area contributed by atoms with Crippen LogP contribution in [-0.2, 0) is 0 Å². The van der Waals surface area contributed by atoms with Crippen molar-refractivity contribution in [2.45, 2.75) is 0 Å². The first-order valence-corrected chi connectivity index (χ1v) is 6.31. The second-order valence-corrected chi connectivity index (χ2v) is 4.18. The molecule has 0 atom stereocenters. The van der Waals surface area contributed by atoms with Crippen molar-refractivity contribution < 1.29 is 14.2 Å². The van der Waals surface area contributed by atoms with Crippen LogP contribution in [0.25, 0.3) is 12.2 Å². The van der Waals surface area contributed by atoms with Gasteiger partial charge in [-0.1, -0.05) is 30.4 Å². The summed E-state index contributed by atoms with van der Waals surface area (Å²) in [5, 5.41) is 0. The first kappa shape index (κ1) is 14.0. The maximum atomic E-state index is 5.37. The zero-order chi connectivity index (χ0) is 14.4. The molecule has 0 N–H and O–H groups in total. The Morgan fingerprint density at radius 3 is 2.00 bits per heavy atom. The summed E-state index contributed by atoms with van der Waals surface area (Å²) in [4.78, 5) is 0. The van der Waals surface area contributed by atoms with Gasteiger partial charge in [-0.05, 0) is 18.2 Å². The quantitative estimate of drug-likeness (QED) is 0.772. The summed E-state index contributed by atoms with van der Waals surface area (Å²) in [7, 11) is 4.95. The molecule has 0 fully saturated rings. The highest BCUT2D eigenvalue weighted by molar-refractivity contribution is 5.75. The molecule has 0 amide bonds. The maximum Gasteiger partial charge on any atom is 0.129 e. The lowest BCUT2D eigenvalue weighted by atomic mass is 10.1. The molecule has 0 aliphatic rings. The van der Waals surface area contributed by atoms with Crippen LogP contribution in [0.2, 0.25) is 0 Å². The number of para-hydroxylation sites is 1. The van der Waals surface area contributed by atoms with Crippen LogP contribution in [0.5, 0.6) is 17.2 Å². The average Bonchev–Trinajstić information content (AvgIpc) is 2.52. The zero-order valence-corrected chi connectivity index (χ0v) is 11.9. The lowest BCUT2D eigenvalue weighted by Gasteiger charge is -2.08. The minimum absolute atomic E-state index is 0.774. The van der Waals surface area contributed by atoms with Gasteiger partial charge in [-0.15, -0.1) is 0 Å². The van der Waals surface area contributed by atoms with Gasteiger partial charge in [0, 0.05) is 17.2 Å². The molecule has 3 nitrogen and oxygen atoms in total. The number of ether oxygens (including phenoxy) is 3. The van der Waals surface area contributed by atoms with Crippen molar-refractivity contribution in [1.29, 1.82) is 0 Å². The molecule has 2 aromatic rings. The van der Waals surface area contributed by atoms with Crippen molar-refractivity contribution >= 4 is 12.2 Å². The Labute approximate surface area is 119 Å². The molecule has 0 radical (unpaired) electrons. The Balaban J connectivity index is 2.31. The summed E-state index contributed by atoms with van der Waals surface area (Å²) in [5.74, 6) is 2.39. The molecule has 0 saturated carbocycles. The number of rotatable bonds is 5. The van der Waals surface area contributed by atoms with E-state index in [0.29, 0.717) is 0 Å². The monoisotopic (exact) mass is 270 g/mol. The number of benzene rings is 2. The molecule has 3 heteroatoms. The van der Waals surface area contributed by atoms with E-state index in [1.165, 1.54) is 0 Å². The first-order valence-electron chi connectivity index (χ1n) is 6.31. The molecule has 20 heavy (non-hydrogen) atoms. The first-order chi connectivity index (χ1) is 9.78. The van der Waals surface area contributed by atoms with Crippen molar-refractivity contribution in [2.75, 3.05) is 21.3 Å². The maximum absolute atomic E-state index is 5.37. The van der Waals surface area contributed by atoms with Crippen LogP contribution in [-0.4, -0.2) is 21.3 Å². The van der Waals surface area contributed by atoms with Gasteiger partial charge in [0.05, 0.1) is 21.3 Å². The molecule has 0 aliphatic carbocycles. The van der Waals surface area contributed by atoms with Gasteiger partial charge in [0.25, 0.3) is 0 Å². The molecule has 0 aromatic heterocycles. The molecule has 0 aliphatic heterocycles. The molecular weight excluding hydrogens is 252 g/mol. The summed E-state index contributed by atoms with van der Waals surface area (Å²) < 4.78 is 15.9. The highest BCUT2D eigenvalue weighted by Crippen LogP contribution is 2.27. The average molecular weight is 270 g/mol. The lowest BCUT2D eigenvalue weighted by molar-refractivity contribution is 0.394. The fourth-order valence-corrected chi connectivity index (χ4v) is 1.94. The van der Waals surface area contributed by atoms with E-state index in [0.717, 1.165) is 28.4 Å². The van der Waals surface area contributed by atoms with Crippen LogP contribution in [0.4, 0.5) is 0 Å². The van der Waals surface area contributed by atoms with Crippen LogP contribution in [0, 0.1) is 0 Å². The number of methoxy groups -OCH3 is 3. The molecule has 0 spiro atoms. The van der Waals surface area contributed by atoms with E-state index in [2.05, 4.69) is 0 Å².